The number of hydrogen-bond donors (Lipinski definition) is 1. The highest BCUT2D eigenvalue weighted by atomic mass is 33.8. The molecule has 0 bridgehead atoms. The summed E-state index contributed by atoms with van der Waals surface area (Å²) in [5.74, 6) is 0. The van der Waals surface area contributed by atoms with Gasteiger partial charge < -0.3 is 0 Å². The molecule has 1 aliphatic heterocycles. The fourth-order valence-corrected chi connectivity index (χ4v) is 17.1. The van der Waals surface area contributed by atoms with E-state index < -0.39 is 8.28 Å². The van der Waals surface area contributed by atoms with Crippen LogP contribution in [0.4, 0.5) is 5.69 Å². The van der Waals surface area contributed by atoms with Crippen LogP contribution in [0.15, 0.2) is 65.6 Å². The minimum atomic E-state index is -1.31. The first-order valence-electron chi connectivity index (χ1n) is 5.30. The fourth-order valence-electron chi connectivity index (χ4n) is 1.62. The highest BCUT2D eigenvalue weighted by molar-refractivity contribution is 9.48. The van der Waals surface area contributed by atoms with Crippen molar-refractivity contribution in [3.05, 3.63) is 60.7 Å². The lowest BCUT2D eigenvalue weighted by Crippen LogP contribution is -2.09. The number of thiol groups is 1. The molecule has 1 unspecified atom stereocenters. The predicted molar refractivity (Wildman–Crippen MR) is 93.0 cm³/mol. The van der Waals surface area contributed by atoms with Gasteiger partial charge in [-0.2, -0.15) is 0 Å². The highest BCUT2D eigenvalue weighted by Crippen LogP contribution is 2.85. The van der Waals surface area contributed by atoms with Crippen LogP contribution in [0.5, 0.6) is 0 Å². The molecular formula is C12H11NS5. The number of para-hydroxylation sites is 1. The van der Waals surface area contributed by atoms with Gasteiger partial charge in [-0.1, -0.05) is 48.1 Å². The summed E-state index contributed by atoms with van der Waals surface area (Å²) in [7, 11) is 4.12. The average molecular weight is 330 g/mol. The molecule has 94 valence electrons. The van der Waals surface area contributed by atoms with Crippen LogP contribution in [0.1, 0.15) is 0 Å². The van der Waals surface area contributed by atoms with Crippen molar-refractivity contribution in [2.75, 3.05) is 3.71 Å². The predicted octanol–water partition coefficient (Wildman–Crippen LogP) is 5.99. The molecule has 0 saturated carbocycles. The first-order valence-corrected chi connectivity index (χ1v) is 11.9. The number of anilines is 1. The second kappa shape index (κ2) is 5.54. The molecule has 0 radical (unpaired) electrons. The number of nitrogens with zero attached hydrogens (tertiary/aromatic N) is 1. The average Bonchev–Trinajstić information content (AvgIpc) is 2.84. The van der Waals surface area contributed by atoms with E-state index in [0.717, 1.165) is 0 Å². The summed E-state index contributed by atoms with van der Waals surface area (Å²) in [5.41, 5.74) is 1.22. The molecule has 0 N–H and O–H groups in total. The summed E-state index contributed by atoms with van der Waals surface area (Å²) in [6.45, 7) is 0. The maximum Gasteiger partial charge on any atom is 0.0606 e. The van der Waals surface area contributed by atoms with Gasteiger partial charge in [0.1, 0.15) is 0 Å². The lowest BCUT2D eigenvalue weighted by Gasteiger charge is -2.36. The summed E-state index contributed by atoms with van der Waals surface area (Å²) < 4.78 is 2.33. The summed E-state index contributed by atoms with van der Waals surface area (Å²) in [6, 6.07) is 21.0. The Hall–Kier alpha value is -0.0100. The topological polar surface area (TPSA) is 3.24 Å². The third-order valence-corrected chi connectivity index (χ3v) is 15.9. The Morgan fingerprint density at radius 1 is 0.889 bits per heavy atom. The summed E-state index contributed by atoms with van der Waals surface area (Å²) in [4.78, 5) is 1.29. The van der Waals surface area contributed by atoms with Gasteiger partial charge in [-0.3, -0.25) is 0 Å². The second-order valence-electron chi connectivity index (χ2n) is 3.61. The molecule has 1 nitrogen and oxygen atoms in total. The van der Waals surface area contributed by atoms with Gasteiger partial charge in [0, 0.05) is 35.5 Å². The zero-order valence-corrected chi connectivity index (χ0v) is 13.5. The SMILES string of the molecule is SS1(c2ccccc2)SSSN1c1ccccc1. The quantitative estimate of drug-likeness (QED) is 0.409. The van der Waals surface area contributed by atoms with E-state index >= 15 is 0 Å². The smallest absolute Gasteiger partial charge is 0.0606 e. The van der Waals surface area contributed by atoms with Crippen molar-refractivity contribution in [2.45, 2.75) is 4.90 Å². The summed E-state index contributed by atoms with van der Waals surface area (Å²) >= 11 is 5.01. The number of benzene rings is 2. The molecule has 3 rings (SSSR count). The third kappa shape index (κ3) is 2.36. The van der Waals surface area contributed by atoms with Gasteiger partial charge in [-0.25, -0.2) is 3.71 Å². The molecule has 0 spiro atoms. The zero-order chi connectivity index (χ0) is 12.4. The van der Waals surface area contributed by atoms with E-state index in [-0.39, 0.29) is 0 Å². The van der Waals surface area contributed by atoms with Gasteiger partial charge in [0.25, 0.3) is 0 Å². The maximum absolute atomic E-state index is 5.01. The Kier molecular flexibility index (Phi) is 4.00. The van der Waals surface area contributed by atoms with Crippen LogP contribution >= 0.6 is 50.6 Å². The Bertz CT molecular complexity index is 521. The number of hydrogen-bond acceptors (Lipinski definition) is 5. The standard InChI is InChI=1S/C12H11NS5/c14-18(12-9-5-2-6-10-12)13(15-16-17-18)11-7-3-1-4-8-11/h1-10,14H. The van der Waals surface area contributed by atoms with Gasteiger partial charge in [-0.15, -0.1) is 0 Å². The van der Waals surface area contributed by atoms with Crippen LogP contribution in [-0.4, -0.2) is 0 Å². The van der Waals surface area contributed by atoms with Crippen LogP contribution < -0.4 is 3.71 Å². The Balaban J connectivity index is 2.01. The van der Waals surface area contributed by atoms with Gasteiger partial charge in [0.05, 0.1) is 5.69 Å². The van der Waals surface area contributed by atoms with E-state index in [1.165, 1.54) is 10.6 Å². The molecule has 1 atom stereocenters. The van der Waals surface area contributed by atoms with E-state index in [4.69, 9.17) is 11.7 Å². The van der Waals surface area contributed by atoms with E-state index in [0.29, 0.717) is 0 Å². The van der Waals surface area contributed by atoms with Gasteiger partial charge in [0.2, 0.25) is 0 Å². The lowest BCUT2D eigenvalue weighted by atomic mass is 10.3. The van der Waals surface area contributed by atoms with Crippen molar-refractivity contribution in [3.8, 4) is 0 Å². The molecule has 2 aromatic carbocycles. The zero-order valence-electron chi connectivity index (χ0n) is 9.30. The Labute approximate surface area is 125 Å². The van der Waals surface area contributed by atoms with E-state index in [1.54, 1.807) is 20.8 Å². The van der Waals surface area contributed by atoms with Crippen LogP contribution in [0, 0.1) is 0 Å². The maximum atomic E-state index is 5.01. The van der Waals surface area contributed by atoms with Crippen molar-refractivity contribution in [1.82, 2.24) is 0 Å². The van der Waals surface area contributed by atoms with Crippen LogP contribution in [0.2, 0.25) is 0 Å². The molecule has 0 aromatic heterocycles. The van der Waals surface area contributed by atoms with Crippen molar-refractivity contribution >= 4 is 56.3 Å². The highest BCUT2D eigenvalue weighted by Gasteiger charge is 2.38. The molecule has 0 aliphatic carbocycles. The Morgan fingerprint density at radius 3 is 2.17 bits per heavy atom. The van der Waals surface area contributed by atoms with Crippen LogP contribution in [-0.2, 0) is 0 Å². The molecular weight excluding hydrogens is 318 g/mol. The monoisotopic (exact) mass is 329 g/mol. The molecule has 1 fully saturated rings. The van der Waals surface area contributed by atoms with Crippen molar-refractivity contribution < 1.29 is 0 Å². The van der Waals surface area contributed by atoms with Crippen LogP contribution in [0.3, 0.4) is 0 Å². The minimum absolute atomic E-state index is 1.22. The molecule has 1 saturated heterocycles. The molecule has 0 amide bonds. The fraction of sp³-hybridized carbons (Fsp3) is 0. The summed E-state index contributed by atoms with van der Waals surface area (Å²) in [5, 5.41) is 0. The van der Waals surface area contributed by atoms with Crippen LogP contribution in [0.25, 0.3) is 0 Å². The molecule has 1 heterocycles. The van der Waals surface area contributed by atoms with Gasteiger partial charge in [0.15, 0.2) is 0 Å². The molecule has 1 aliphatic rings. The van der Waals surface area contributed by atoms with E-state index in [2.05, 4.69) is 52.2 Å². The largest absolute Gasteiger partial charge is 0.245 e. The second-order valence-corrected chi connectivity index (χ2v) is 13.9. The number of rotatable bonds is 2. The normalized spacial score (nSPS) is 26.8. The first-order chi connectivity index (χ1) is 8.81. The minimum Gasteiger partial charge on any atom is -0.245 e. The Morgan fingerprint density at radius 2 is 1.50 bits per heavy atom. The first kappa shape index (κ1) is 13.0. The van der Waals surface area contributed by atoms with Gasteiger partial charge in [-0.05, 0) is 32.5 Å². The van der Waals surface area contributed by atoms with Gasteiger partial charge >= 0.3 is 0 Å². The lowest BCUT2D eigenvalue weighted by molar-refractivity contribution is 1.45. The molecule has 18 heavy (non-hydrogen) atoms. The van der Waals surface area contributed by atoms with Crippen molar-refractivity contribution in [1.29, 1.82) is 0 Å². The van der Waals surface area contributed by atoms with Crippen molar-refractivity contribution in [3.63, 3.8) is 0 Å². The summed E-state index contributed by atoms with van der Waals surface area (Å²) in [6.07, 6.45) is 0. The third-order valence-electron chi connectivity index (χ3n) is 2.46. The van der Waals surface area contributed by atoms with E-state index in [1.807, 2.05) is 22.0 Å². The van der Waals surface area contributed by atoms with Crippen molar-refractivity contribution in [2.24, 2.45) is 0 Å². The van der Waals surface area contributed by atoms with E-state index in [9.17, 15) is 0 Å². The molecule has 2 aromatic rings. The molecule has 6 heteroatoms.